The summed E-state index contributed by atoms with van der Waals surface area (Å²) in [6, 6.07) is 2.52. The van der Waals surface area contributed by atoms with Crippen LogP contribution in [0.4, 0.5) is 11.4 Å². The molecule has 24 heavy (non-hydrogen) atoms. The molecular weight excluding hydrogens is 342 g/mol. The standard InChI is InChI=1S/C14H18ClN3O6/c1-24-6-2-5-16-12(14(20)21)8-13(19)17-11-7-9(18(22)23)3-4-10(11)15/h3-4,7,12,16H,2,5-6,8H2,1H3,(H,17,19)(H,20,21)/t12-/m0/s1. The summed E-state index contributed by atoms with van der Waals surface area (Å²) in [7, 11) is 1.53. The zero-order chi connectivity index (χ0) is 18.1. The fourth-order valence-corrected chi connectivity index (χ4v) is 2.01. The Kier molecular flexibility index (Phi) is 8.10. The molecule has 9 nitrogen and oxygen atoms in total. The summed E-state index contributed by atoms with van der Waals surface area (Å²) in [5, 5.41) is 25.1. The number of non-ortho nitro benzene ring substituents is 1. The zero-order valence-corrected chi connectivity index (χ0v) is 13.7. The SMILES string of the molecule is COCCCN[C@@H](CC(=O)Nc1cc([N+](=O)[O-])ccc1Cl)C(=O)O. The quantitative estimate of drug-likeness (QED) is 0.329. The highest BCUT2D eigenvalue weighted by Gasteiger charge is 2.21. The smallest absolute Gasteiger partial charge is 0.321 e. The van der Waals surface area contributed by atoms with E-state index in [-0.39, 0.29) is 22.8 Å². The molecule has 10 heteroatoms. The maximum Gasteiger partial charge on any atom is 0.321 e. The number of hydrogen-bond donors (Lipinski definition) is 3. The highest BCUT2D eigenvalue weighted by molar-refractivity contribution is 6.33. The number of methoxy groups -OCH3 is 1. The van der Waals surface area contributed by atoms with Gasteiger partial charge in [0, 0.05) is 25.8 Å². The van der Waals surface area contributed by atoms with Gasteiger partial charge in [-0.15, -0.1) is 0 Å². The maximum atomic E-state index is 12.0. The van der Waals surface area contributed by atoms with E-state index < -0.39 is 22.8 Å². The number of ether oxygens (including phenoxy) is 1. The molecule has 0 fully saturated rings. The molecule has 0 aliphatic carbocycles. The van der Waals surface area contributed by atoms with E-state index >= 15 is 0 Å². The van der Waals surface area contributed by atoms with Gasteiger partial charge in [-0.1, -0.05) is 11.6 Å². The van der Waals surface area contributed by atoms with Crippen molar-refractivity contribution in [2.75, 3.05) is 25.6 Å². The van der Waals surface area contributed by atoms with Gasteiger partial charge in [-0.05, 0) is 19.0 Å². The Hall–Kier alpha value is -2.23. The molecule has 0 spiro atoms. The largest absolute Gasteiger partial charge is 0.480 e. The van der Waals surface area contributed by atoms with E-state index in [1.807, 2.05) is 0 Å². The average Bonchev–Trinajstić information content (AvgIpc) is 2.52. The number of nitro groups is 1. The lowest BCUT2D eigenvalue weighted by Gasteiger charge is -2.14. The molecule has 1 rings (SSSR count). The minimum absolute atomic E-state index is 0.0550. The molecular formula is C14H18ClN3O6. The number of benzene rings is 1. The molecule has 1 amide bonds. The predicted octanol–water partition coefficient (Wildman–Crippen LogP) is 1.66. The number of halogens is 1. The van der Waals surface area contributed by atoms with Crippen molar-refractivity contribution in [3.63, 3.8) is 0 Å². The fourth-order valence-electron chi connectivity index (χ4n) is 1.85. The molecule has 0 unspecified atom stereocenters. The first kappa shape index (κ1) is 19.8. The van der Waals surface area contributed by atoms with Crippen LogP contribution in [0, 0.1) is 10.1 Å². The number of carboxylic acid groups (broad SMARTS) is 1. The van der Waals surface area contributed by atoms with Crippen molar-refractivity contribution < 1.29 is 24.4 Å². The van der Waals surface area contributed by atoms with Crippen molar-refractivity contribution in [1.29, 1.82) is 0 Å². The van der Waals surface area contributed by atoms with E-state index in [9.17, 15) is 19.7 Å². The first-order chi connectivity index (χ1) is 11.3. The first-order valence-corrected chi connectivity index (χ1v) is 7.42. The second kappa shape index (κ2) is 9.81. The number of aliphatic carboxylic acids is 1. The Labute approximate surface area is 143 Å². The number of carbonyl (C=O) groups is 2. The van der Waals surface area contributed by atoms with Gasteiger partial charge in [0.25, 0.3) is 5.69 Å². The molecule has 0 heterocycles. The van der Waals surface area contributed by atoms with Crippen molar-refractivity contribution >= 4 is 34.9 Å². The van der Waals surface area contributed by atoms with Gasteiger partial charge in [-0.25, -0.2) is 0 Å². The van der Waals surface area contributed by atoms with Gasteiger partial charge in [-0.2, -0.15) is 0 Å². The van der Waals surface area contributed by atoms with Crippen LogP contribution >= 0.6 is 11.6 Å². The Balaban J connectivity index is 2.67. The van der Waals surface area contributed by atoms with Crippen LogP contribution in [0.5, 0.6) is 0 Å². The molecule has 0 saturated carbocycles. The second-order valence-corrected chi connectivity index (χ2v) is 5.27. The van der Waals surface area contributed by atoms with E-state index in [1.165, 1.54) is 19.2 Å². The summed E-state index contributed by atoms with van der Waals surface area (Å²) in [6.45, 7) is 0.838. The van der Waals surface area contributed by atoms with Crippen LogP contribution in [0.25, 0.3) is 0 Å². The number of carbonyl (C=O) groups excluding carboxylic acids is 1. The van der Waals surface area contributed by atoms with Gasteiger partial charge in [0.2, 0.25) is 5.91 Å². The molecule has 3 N–H and O–H groups in total. The van der Waals surface area contributed by atoms with E-state index in [1.54, 1.807) is 0 Å². The predicted molar refractivity (Wildman–Crippen MR) is 87.3 cm³/mol. The van der Waals surface area contributed by atoms with Gasteiger partial charge in [0.1, 0.15) is 6.04 Å². The van der Waals surface area contributed by atoms with Crippen molar-refractivity contribution in [1.82, 2.24) is 5.32 Å². The Morgan fingerprint density at radius 2 is 2.17 bits per heavy atom. The van der Waals surface area contributed by atoms with Crippen LogP contribution in [-0.2, 0) is 14.3 Å². The van der Waals surface area contributed by atoms with Crippen LogP contribution < -0.4 is 10.6 Å². The molecule has 132 valence electrons. The second-order valence-electron chi connectivity index (χ2n) is 4.86. The zero-order valence-electron chi connectivity index (χ0n) is 13.0. The topological polar surface area (TPSA) is 131 Å². The van der Waals surface area contributed by atoms with Crippen molar-refractivity contribution in [3.05, 3.63) is 33.3 Å². The Bertz CT molecular complexity index is 610. The monoisotopic (exact) mass is 359 g/mol. The van der Waals surface area contributed by atoms with E-state index in [2.05, 4.69) is 10.6 Å². The molecule has 0 saturated heterocycles. The summed E-state index contributed by atoms with van der Waals surface area (Å²) in [5.41, 5.74) is -0.179. The number of nitrogens with one attached hydrogen (secondary N) is 2. The van der Waals surface area contributed by atoms with Gasteiger partial charge in [0.15, 0.2) is 0 Å². The molecule has 0 aromatic heterocycles. The number of nitro benzene ring substituents is 1. The summed E-state index contributed by atoms with van der Waals surface area (Å²) < 4.78 is 4.85. The van der Waals surface area contributed by atoms with E-state index in [0.29, 0.717) is 19.6 Å². The van der Waals surface area contributed by atoms with Crippen molar-refractivity contribution in [2.45, 2.75) is 18.9 Å². The number of amides is 1. The summed E-state index contributed by atoms with van der Waals surface area (Å²) >= 11 is 5.88. The summed E-state index contributed by atoms with van der Waals surface area (Å²) in [5.74, 6) is -1.79. The molecule has 0 radical (unpaired) electrons. The van der Waals surface area contributed by atoms with E-state index in [0.717, 1.165) is 6.07 Å². The molecule has 0 aliphatic rings. The lowest BCUT2D eigenvalue weighted by Crippen LogP contribution is -2.40. The van der Waals surface area contributed by atoms with Crippen LogP contribution in [0.1, 0.15) is 12.8 Å². The van der Waals surface area contributed by atoms with Crippen LogP contribution in [0.15, 0.2) is 18.2 Å². The highest BCUT2D eigenvalue weighted by Crippen LogP contribution is 2.26. The molecule has 1 aromatic rings. The van der Waals surface area contributed by atoms with E-state index in [4.69, 9.17) is 21.4 Å². The highest BCUT2D eigenvalue weighted by atomic mass is 35.5. The normalized spacial score (nSPS) is 11.8. The summed E-state index contributed by atoms with van der Waals surface area (Å²) in [4.78, 5) is 33.3. The van der Waals surface area contributed by atoms with Gasteiger partial charge < -0.3 is 20.5 Å². The lowest BCUT2D eigenvalue weighted by atomic mass is 10.2. The maximum absolute atomic E-state index is 12.0. The van der Waals surface area contributed by atoms with Crippen molar-refractivity contribution in [2.24, 2.45) is 0 Å². The third-order valence-electron chi connectivity index (χ3n) is 3.04. The minimum Gasteiger partial charge on any atom is -0.480 e. The summed E-state index contributed by atoms with van der Waals surface area (Å²) in [6.07, 6.45) is 0.250. The van der Waals surface area contributed by atoms with Crippen LogP contribution in [0.3, 0.4) is 0 Å². The molecule has 0 bridgehead atoms. The number of rotatable bonds is 10. The third kappa shape index (κ3) is 6.49. The Morgan fingerprint density at radius 1 is 1.46 bits per heavy atom. The fraction of sp³-hybridized carbons (Fsp3) is 0.429. The number of anilines is 1. The number of carboxylic acids is 1. The molecule has 1 atom stereocenters. The molecule has 0 aliphatic heterocycles. The lowest BCUT2D eigenvalue weighted by molar-refractivity contribution is -0.384. The Morgan fingerprint density at radius 3 is 2.75 bits per heavy atom. The third-order valence-corrected chi connectivity index (χ3v) is 3.37. The minimum atomic E-state index is -1.17. The van der Waals surface area contributed by atoms with Gasteiger partial charge in [-0.3, -0.25) is 19.7 Å². The first-order valence-electron chi connectivity index (χ1n) is 7.04. The number of hydrogen-bond acceptors (Lipinski definition) is 6. The van der Waals surface area contributed by atoms with Gasteiger partial charge >= 0.3 is 5.97 Å². The average molecular weight is 360 g/mol. The van der Waals surface area contributed by atoms with Crippen LogP contribution in [-0.4, -0.2) is 48.2 Å². The number of nitrogens with zero attached hydrogens (tertiary/aromatic N) is 1. The molecule has 1 aromatic carbocycles. The van der Waals surface area contributed by atoms with Crippen LogP contribution in [0.2, 0.25) is 5.02 Å². The van der Waals surface area contributed by atoms with Crippen molar-refractivity contribution in [3.8, 4) is 0 Å². The van der Waals surface area contributed by atoms with Gasteiger partial charge in [0.05, 0.1) is 22.1 Å².